The molecule has 0 bridgehead atoms. The zero-order valence-corrected chi connectivity index (χ0v) is 8.42. The lowest BCUT2D eigenvalue weighted by Crippen LogP contribution is -2.39. The molecule has 0 saturated heterocycles. The lowest BCUT2D eigenvalue weighted by atomic mass is 9.91. The van der Waals surface area contributed by atoms with Gasteiger partial charge in [-0.25, -0.2) is 0 Å². The van der Waals surface area contributed by atoms with Crippen LogP contribution < -0.4 is 11.1 Å². The first kappa shape index (κ1) is 9.21. The first-order valence-corrected chi connectivity index (χ1v) is 4.76. The third-order valence-corrected chi connectivity index (χ3v) is 2.68. The number of benzene rings is 1. The van der Waals surface area contributed by atoms with Crippen LogP contribution in [0.5, 0.6) is 0 Å². The third kappa shape index (κ3) is 1.30. The molecule has 0 aromatic heterocycles. The summed E-state index contributed by atoms with van der Waals surface area (Å²) in [6.07, 6.45) is 0. The van der Waals surface area contributed by atoms with Crippen LogP contribution in [0.25, 0.3) is 0 Å². The number of anilines is 1. The predicted molar refractivity (Wildman–Crippen MR) is 56.2 cm³/mol. The van der Waals surface area contributed by atoms with Gasteiger partial charge in [0.1, 0.15) is 0 Å². The van der Waals surface area contributed by atoms with E-state index in [1.165, 1.54) is 0 Å². The van der Waals surface area contributed by atoms with Crippen LogP contribution in [-0.2, 0) is 6.54 Å². The van der Waals surface area contributed by atoms with Crippen molar-refractivity contribution in [3.05, 3.63) is 28.8 Å². The Balaban J connectivity index is 2.60. The van der Waals surface area contributed by atoms with E-state index >= 15 is 0 Å². The lowest BCUT2D eigenvalue weighted by molar-refractivity contribution is 0.0938. The van der Waals surface area contributed by atoms with E-state index < -0.39 is 0 Å². The number of hydrogen-bond donors (Lipinski definition) is 2. The lowest BCUT2D eigenvalue weighted by Gasteiger charge is -2.23. The zero-order chi connectivity index (χ0) is 10.3. The van der Waals surface area contributed by atoms with Gasteiger partial charge < -0.3 is 11.1 Å². The largest absolute Gasteiger partial charge is 0.399 e. The van der Waals surface area contributed by atoms with Gasteiger partial charge in [-0.15, -0.1) is 0 Å². The smallest absolute Gasteiger partial charge is 0.180 e. The van der Waals surface area contributed by atoms with Gasteiger partial charge >= 0.3 is 0 Å². The van der Waals surface area contributed by atoms with Crippen molar-refractivity contribution >= 4 is 11.5 Å². The average molecular weight is 190 g/mol. The summed E-state index contributed by atoms with van der Waals surface area (Å²) in [7, 11) is 0. The van der Waals surface area contributed by atoms with Crippen molar-refractivity contribution in [1.82, 2.24) is 5.32 Å². The van der Waals surface area contributed by atoms with E-state index in [0.29, 0.717) is 0 Å². The Morgan fingerprint density at radius 1 is 1.50 bits per heavy atom. The molecule has 1 aliphatic rings. The number of Topliss-reactive ketones (excluding diaryl/α,β-unsaturated/α-hetero) is 1. The van der Waals surface area contributed by atoms with Crippen molar-refractivity contribution in [2.24, 2.45) is 0 Å². The molecule has 1 aromatic carbocycles. The highest BCUT2D eigenvalue weighted by Crippen LogP contribution is 2.23. The van der Waals surface area contributed by atoms with E-state index in [9.17, 15) is 4.79 Å². The summed E-state index contributed by atoms with van der Waals surface area (Å²) in [6, 6.07) is 3.65. The topological polar surface area (TPSA) is 55.1 Å². The molecular weight excluding hydrogens is 176 g/mol. The standard InChI is InChI=1S/C11H14N2O/c1-6-3-9(12)4-8-5-13-7(2)11(14)10(6)8/h3-4,7,13H,5,12H2,1-2H3. The second-order valence-corrected chi connectivity index (χ2v) is 3.84. The second kappa shape index (κ2) is 3.10. The number of rotatable bonds is 0. The first-order chi connectivity index (χ1) is 6.59. The van der Waals surface area contributed by atoms with Crippen molar-refractivity contribution in [1.29, 1.82) is 0 Å². The molecule has 3 nitrogen and oxygen atoms in total. The van der Waals surface area contributed by atoms with Crippen LogP contribution in [0.3, 0.4) is 0 Å². The molecule has 0 saturated carbocycles. The SMILES string of the molecule is Cc1cc(N)cc2c1C(=O)C(C)NC2. The monoisotopic (exact) mass is 190 g/mol. The quantitative estimate of drug-likeness (QED) is 0.605. The molecule has 1 heterocycles. The molecule has 0 fully saturated rings. The molecule has 0 radical (unpaired) electrons. The van der Waals surface area contributed by atoms with Crippen molar-refractivity contribution in [2.75, 3.05) is 5.73 Å². The number of hydrogen-bond acceptors (Lipinski definition) is 3. The fourth-order valence-electron chi connectivity index (χ4n) is 1.95. The van der Waals surface area contributed by atoms with E-state index in [4.69, 9.17) is 5.73 Å². The number of aryl methyl sites for hydroxylation is 1. The average Bonchev–Trinajstić information content (AvgIpc) is 2.10. The summed E-state index contributed by atoms with van der Waals surface area (Å²) < 4.78 is 0. The molecule has 2 rings (SSSR count). The summed E-state index contributed by atoms with van der Waals surface area (Å²) in [5, 5.41) is 3.14. The van der Waals surface area contributed by atoms with Gasteiger partial charge in [0.05, 0.1) is 6.04 Å². The highest BCUT2D eigenvalue weighted by molar-refractivity contribution is 6.03. The Kier molecular flexibility index (Phi) is 2.04. The van der Waals surface area contributed by atoms with Gasteiger partial charge in [-0.3, -0.25) is 4.79 Å². The Labute approximate surface area is 83.3 Å². The molecule has 1 unspecified atom stereocenters. The summed E-state index contributed by atoms with van der Waals surface area (Å²) in [5.74, 6) is 0.170. The number of ketones is 1. The van der Waals surface area contributed by atoms with Gasteiger partial charge in [-0.1, -0.05) is 0 Å². The number of carbonyl (C=O) groups is 1. The van der Waals surface area contributed by atoms with Crippen LogP contribution in [0.2, 0.25) is 0 Å². The Morgan fingerprint density at radius 3 is 2.93 bits per heavy atom. The van der Waals surface area contributed by atoms with Gasteiger partial charge in [0.25, 0.3) is 0 Å². The van der Waals surface area contributed by atoms with Gasteiger partial charge in [0.15, 0.2) is 5.78 Å². The van der Waals surface area contributed by atoms with E-state index in [1.54, 1.807) is 0 Å². The first-order valence-electron chi connectivity index (χ1n) is 4.76. The number of carbonyl (C=O) groups excluding carboxylic acids is 1. The summed E-state index contributed by atoms with van der Waals surface area (Å²) in [5.41, 5.74) is 9.31. The van der Waals surface area contributed by atoms with Crippen molar-refractivity contribution < 1.29 is 4.79 Å². The van der Waals surface area contributed by atoms with Crippen LogP contribution in [0.1, 0.15) is 28.4 Å². The Hall–Kier alpha value is -1.35. The molecule has 0 aliphatic carbocycles. The molecule has 1 aromatic rings. The van der Waals surface area contributed by atoms with Crippen LogP contribution in [0.4, 0.5) is 5.69 Å². The molecule has 3 N–H and O–H groups in total. The van der Waals surface area contributed by atoms with Crippen molar-refractivity contribution in [3.8, 4) is 0 Å². The normalized spacial score (nSPS) is 20.7. The summed E-state index contributed by atoms with van der Waals surface area (Å²) in [6.45, 7) is 4.56. The van der Waals surface area contributed by atoms with Crippen LogP contribution in [0, 0.1) is 6.92 Å². The van der Waals surface area contributed by atoms with E-state index in [0.717, 1.165) is 28.9 Å². The van der Waals surface area contributed by atoms with Gasteiger partial charge in [0.2, 0.25) is 0 Å². The fourth-order valence-corrected chi connectivity index (χ4v) is 1.95. The minimum Gasteiger partial charge on any atom is -0.399 e. The maximum Gasteiger partial charge on any atom is 0.180 e. The number of nitrogen functional groups attached to an aromatic ring is 1. The molecule has 0 amide bonds. The molecule has 0 spiro atoms. The van der Waals surface area contributed by atoms with Gasteiger partial charge in [-0.05, 0) is 37.1 Å². The molecule has 1 atom stereocenters. The Bertz CT molecular complexity index is 399. The van der Waals surface area contributed by atoms with E-state index in [1.807, 2.05) is 26.0 Å². The van der Waals surface area contributed by atoms with E-state index in [2.05, 4.69) is 5.32 Å². The maximum absolute atomic E-state index is 11.8. The van der Waals surface area contributed by atoms with Crippen molar-refractivity contribution in [2.45, 2.75) is 26.4 Å². The minimum absolute atomic E-state index is 0.0789. The Morgan fingerprint density at radius 2 is 2.21 bits per heavy atom. The summed E-state index contributed by atoms with van der Waals surface area (Å²) >= 11 is 0. The maximum atomic E-state index is 11.8. The molecular formula is C11H14N2O. The fraction of sp³-hybridized carbons (Fsp3) is 0.364. The zero-order valence-electron chi connectivity index (χ0n) is 8.42. The molecule has 74 valence electrons. The van der Waals surface area contributed by atoms with Crippen LogP contribution in [0.15, 0.2) is 12.1 Å². The minimum atomic E-state index is -0.0789. The second-order valence-electron chi connectivity index (χ2n) is 3.84. The van der Waals surface area contributed by atoms with Gasteiger partial charge in [0, 0.05) is 17.8 Å². The number of nitrogens with two attached hydrogens (primary N) is 1. The third-order valence-electron chi connectivity index (χ3n) is 2.68. The number of fused-ring (bicyclic) bond motifs is 1. The van der Waals surface area contributed by atoms with Crippen LogP contribution in [-0.4, -0.2) is 11.8 Å². The summed E-state index contributed by atoms with van der Waals surface area (Å²) in [4.78, 5) is 11.8. The van der Waals surface area contributed by atoms with E-state index in [-0.39, 0.29) is 11.8 Å². The van der Waals surface area contributed by atoms with Gasteiger partial charge in [-0.2, -0.15) is 0 Å². The highest BCUT2D eigenvalue weighted by atomic mass is 16.1. The molecule has 1 aliphatic heterocycles. The molecule has 3 heteroatoms. The predicted octanol–water partition coefficient (Wildman–Crippen LogP) is 1.25. The van der Waals surface area contributed by atoms with Crippen LogP contribution >= 0.6 is 0 Å². The van der Waals surface area contributed by atoms with Crippen molar-refractivity contribution in [3.63, 3.8) is 0 Å². The molecule has 14 heavy (non-hydrogen) atoms. The number of nitrogens with one attached hydrogen (secondary N) is 1. The highest BCUT2D eigenvalue weighted by Gasteiger charge is 2.24.